The molecule has 2 nitrogen and oxygen atoms in total. The van der Waals surface area contributed by atoms with Gasteiger partial charge < -0.3 is 9.47 Å². The maximum absolute atomic E-state index is 2.45. The second-order valence-electron chi connectivity index (χ2n) is 19.6. The van der Waals surface area contributed by atoms with E-state index in [1.165, 1.54) is 104 Å². The molecule has 12 aromatic carbocycles. The summed E-state index contributed by atoms with van der Waals surface area (Å²) in [7, 11) is 0. The molecule has 2 heteroatoms. The summed E-state index contributed by atoms with van der Waals surface area (Å²) >= 11 is 0. The molecule has 0 bridgehead atoms. The SMILES string of the molecule is C1=CC(c2cccc3ccccc23)=CCC=C1c1ccc(N(c2ccc(-c3ccc(-c4cccc5ccccc45)cc3)cc2)c2cccc(-c3cccc4c3c3ccc5ccccc5c3n4-c3ccccc3)c2)cc1. The van der Waals surface area contributed by atoms with E-state index in [2.05, 4.69) is 301 Å². The van der Waals surface area contributed by atoms with E-state index in [9.17, 15) is 0 Å². The van der Waals surface area contributed by atoms with Gasteiger partial charge in [0.05, 0.1) is 11.0 Å². The van der Waals surface area contributed by atoms with Crippen LogP contribution in [0, 0.1) is 0 Å². The molecule has 0 fully saturated rings. The molecule has 0 saturated carbocycles. The van der Waals surface area contributed by atoms with Gasteiger partial charge in [-0.3, -0.25) is 0 Å². The molecule has 0 saturated heterocycles. The first-order chi connectivity index (χ1) is 37.2. The minimum absolute atomic E-state index is 0.854. The molecule has 0 N–H and O–H groups in total. The molecule has 0 unspecified atom stereocenters. The maximum Gasteiger partial charge on any atom is 0.0619 e. The summed E-state index contributed by atoms with van der Waals surface area (Å²) in [5, 5.41) is 10.0. The number of anilines is 3. The molecule has 0 spiro atoms. The summed E-state index contributed by atoms with van der Waals surface area (Å²) in [6.07, 6.45) is 10.1. The van der Waals surface area contributed by atoms with Crippen molar-refractivity contribution in [3.05, 3.63) is 302 Å². The van der Waals surface area contributed by atoms with Gasteiger partial charge in [0.25, 0.3) is 0 Å². The van der Waals surface area contributed by atoms with E-state index in [1.54, 1.807) is 0 Å². The number of nitrogens with zero attached hydrogens (tertiary/aromatic N) is 2. The van der Waals surface area contributed by atoms with Gasteiger partial charge in [0.2, 0.25) is 0 Å². The summed E-state index contributed by atoms with van der Waals surface area (Å²) in [6.45, 7) is 0. The van der Waals surface area contributed by atoms with Crippen LogP contribution in [0.25, 0.3) is 104 Å². The molecule has 0 aliphatic heterocycles. The predicted molar refractivity (Wildman–Crippen MR) is 320 cm³/mol. The number of benzene rings is 12. The Labute approximate surface area is 437 Å². The lowest BCUT2D eigenvalue weighted by Crippen LogP contribution is -2.10. The van der Waals surface area contributed by atoms with Crippen LogP contribution >= 0.6 is 0 Å². The van der Waals surface area contributed by atoms with Crippen LogP contribution in [0.15, 0.2) is 291 Å². The number of fused-ring (bicyclic) bond motifs is 7. The number of aromatic nitrogens is 1. The van der Waals surface area contributed by atoms with Crippen molar-refractivity contribution < 1.29 is 0 Å². The van der Waals surface area contributed by atoms with Crippen molar-refractivity contribution in [1.29, 1.82) is 0 Å². The van der Waals surface area contributed by atoms with Gasteiger partial charge in [-0.25, -0.2) is 0 Å². The Bertz CT molecular complexity index is 4390. The second-order valence-corrected chi connectivity index (χ2v) is 19.6. The number of hydrogen-bond acceptors (Lipinski definition) is 1. The Morgan fingerprint density at radius 2 is 0.827 bits per heavy atom. The van der Waals surface area contributed by atoms with Crippen molar-refractivity contribution in [2.24, 2.45) is 0 Å². The minimum atomic E-state index is 0.854. The fourth-order valence-electron chi connectivity index (χ4n) is 11.6. The zero-order chi connectivity index (χ0) is 49.7. The number of hydrogen-bond donors (Lipinski definition) is 0. The second kappa shape index (κ2) is 18.7. The van der Waals surface area contributed by atoms with Crippen molar-refractivity contribution in [1.82, 2.24) is 4.57 Å². The first-order valence-corrected chi connectivity index (χ1v) is 26.0. The molecule has 1 heterocycles. The normalized spacial score (nSPS) is 12.6. The predicted octanol–water partition coefficient (Wildman–Crippen LogP) is 20.1. The Kier molecular flexibility index (Phi) is 11.0. The lowest BCUT2D eigenvalue weighted by molar-refractivity contribution is 1.19. The quantitative estimate of drug-likeness (QED) is 0.140. The molecule has 0 atom stereocenters. The van der Waals surface area contributed by atoms with Gasteiger partial charge in [-0.15, -0.1) is 0 Å². The van der Waals surface area contributed by atoms with E-state index in [4.69, 9.17) is 0 Å². The van der Waals surface area contributed by atoms with Crippen molar-refractivity contribution in [3.63, 3.8) is 0 Å². The average Bonchev–Trinajstić information content (AvgIpc) is 3.67. The highest BCUT2D eigenvalue weighted by atomic mass is 15.1. The van der Waals surface area contributed by atoms with Gasteiger partial charge in [-0.2, -0.15) is 0 Å². The number of rotatable bonds is 9. The zero-order valence-corrected chi connectivity index (χ0v) is 41.3. The smallest absolute Gasteiger partial charge is 0.0619 e. The molecule has 352 valence electrons. The molecule has 0 amide bonds. The molecular formula is C73H50N2. The van der Waals surface area contributed by atoms with Gasteiger partial charge in [0, 0.05) is 38.9 Å². The molecule has 1 aliphatic rings. The Morgan fingerprint density at radius 3 is 1.55 bits per heavy atom. The zero-order valence-electron chi connectivity index (χ0n) is 41.3. The summed E-state index contributed by atoms with van der Waals surface area (Å²) in [6, 6.07) is 97.6. The van der Waals surface area contributed by atoms with Crippen LogP contribution in [-0.4, -0.2) is 4.57 Å². The van der Waals surface area contributed by atoms with Gasteiger partial charge in [0.1, 0.15) is 0 Å². The topological polar surface area (TPSA) is 8.17 Å². The average molecular weight is 955 g/mol. The lowest BCUT2D eigenvalue weighted by atomic mass is 9.96. The molecule has 75 heavy (non-hydrogen) atoms. The summed E-state index contributed by atoms with van der Waals surface area (Å²) in [4.78, 5) is 2.40. The van der Waals surface area contributed by atoms with Crippen molar-refractivity contribution in [2.45, 2.75) is 6.42 Å². The lowest BCUT2D eigenvalue weighted by Gasteiger charge is -2.26. The summed E-state index contributed by atoms with van der Waals surface area (Å²) < 4.78 is 2.45. The third-order valence-corrected chi connectivity index (χ3v) is 15.2. The van der Waals surface area contributed by atoms with Crippen molar-refractivity contribution in [2.75, 3.05) is 4.90 Å². The molecular weight excluding hydrogens is 905 g/mol. The monoisotopic (exact) mass is 954 g/mol. The summed E-state index contributed by atoms with van der Waals surface area (Å²) in [5.41, 5.74) is 18.9. The van der Waals surface area contributed by atoms with Crippen LogP contribution in [0.3, 0.4) is 0 Å². The fraction of sp³-hybridized carbons (Fsp3) is 0.0137. The van der Waals surface area contributed by atoms with E-state index >= 15 is 0 Å². The van der Waals surface area contributed by atoms with Crippen molar-refractivity contribution in [3.8, 4) is 39.1 Å². The highest BCUT2D eigenvalue weighted by Gasteiger charge is 2.20. The number of para-hydroxylation sites is 1. The Balaban J connectivity index is 0.854. The van der Waals surface area contributed by atoms with Crippen LogP contribution in [0.4, 0.5) is 17.1 Å². The third kappa shape index (κ3) is 7.92. The molecule has 0 radical (unpaired) electrons. The molecule has 14 rings (SSSR count). The Hall–Kier alpha value is -9.76. The van der Waals surface area contributed by atoms with Gasteiger partial charge in [-0.05, 0) is 144 Å². The van der Waals surface area contributed by atoms with Crippen LogP contribution < -0.4 is 4.90 Å². The highest BCUT2D eigenvalue weighted by Crippen LogP contribution is 2.44. The third-order valence-electron chi connectivity index (χ3n) is 15.2. The molecule has 1 aliphatic carbocycles. The first kappa shape index (κ1) is 44.0. The maximum atomic E-state index is 2.45. The van der Waals surface area contributed by atoms with E-state index in [-0.39, 0.29) is 0 Å². The van der Waals surface area contributed by atoms with Crippen LogP contribution in [0.1, 0.15) is 17.5 Å². The van der Waals surface area contributed by atoms with Gasteiger partial charge in [-0.1, -0.05) is 237 Å². The van der Waals surface area contributed by atoms with E-state index in [0.717, 1.165) is 34.7 Å². The molecule has 13 aromatic rings. The van der Waals surface area contributed by atoms with Crippen LogP contribution in [-0.2, 0) is 0 Å². The van der Waals surface area contributed by atoms with Crippen molar-refractivity contribution >= 4 is 82.3 Å². The fourth-order valence-corrected chi connectivity index (χ4v) is 11.6. The standard InChI is InChI=1S/C73H50N2/c1-2-23-60(24-3-1)75-71-32-14-31-68(72(71)70-48-43-57-17-6-9-28-69(57)73(70)75)59-22-11-25-63(49-59)74(62-46-41-53(42-47-62)51-34-37-58(38-35-51)67-30-13-21-55-16-5-8-27-65(55)67)61-44-39-52(40-45-61)50-18-10-19-56(36-33-50)66-29-12-20-54-15-4-7-26-64(54)66/h1-9,11-49H,10H2. The minimum Gasteiger partial charge on any atom is -0.310 e. The highest BCUT2D eigenvalue weighted by molar-refractivity contribution is 6.22. The van der Waals surface area contributed by atoms with Crippen LogP contribution in [0.5, 0.6) is 0 Å². The van der Waals surface area contributed by atoms with Crippen LogP contribution in [0.2, 0.25) is 0 Å². The van der Waals surface area contributed by atoms with E-state index in [0.29, 0.717) is 0 Å². The van der Waals surface area contributed by atoms with E-state index in [1.807, 2.05) is 0 Å². The van der Waals surface area contributed by atoms with E-state index < -0.39 is 0 Å². The van der Waals surface area contributed by atoms with Gasteiger partial charge >= 0.3 is 0 Å². The molecule has 1 aromatic heterocycles. The first-order valence-electron chi connectivity index (χ1n) is 26.0. The summed E-state index contributed by atoms with van der Waals surface area (Å²) in [5.74, 6) is 0. The van der Waals surface area contributed by atoms with Gasteiger partial charge in [0.15, 0.2) is 0 Å². The largest absolute Gasteiger partial charge is 0.310 e. The Morgan fingerprint density at radius 1 is 0.307 bits per heavy atom. The number of allylic oxidation sites excluding steroid dienone is 6.